The van der Waals surface area contributed by atoms with E-state index in [4.69, 9.17) is 15.0 Å². The lowest BCUT2D eigenvalue weighted by molar-refractivity contribution is -0.0584. The number of hydrogen-bond acceptors (Lipinski definition) is 7. The molecule has 0 aliphatic carbocycles. The normalized spacial score (nSPS) is 31.8. The molecule has 1 aliphatic heterocycles. The number of ether oxygens (including phenoxy) is 1. The number of nitrogens with one attached hydrogen (secondary N) is 1. The third kappa shape index (κ3) is 4.94. The SMILES string of the molecule is CC(C)[C@@H](C)NP(C)(=O)OC[C@H]1O[C@@H](n2ccc(N)nc2=O)C(C)(F)[C@@H]1O. The number of nitrogens with two attached hydrogens (primary N) is 1. The molecule has 27 heavy (non-hydrogen) atoms. The maximum atomic E-state index is 15.1. The molecule has 1 aromatic rings. The third-order valence-corrected chi connectivity index (χ3v) is 6.26. The smallest absolute Gasteiger partial charge is 0.351 e. The number of nitrogen functional groups attached to an aromatic ring is 1. The molecule has 0 radical (unpaired) electrons. The Balaban J connectivity index is 2.11. The molecule has 2 rings (SSSR count). The van der Waals surface area contributed by atoms with Gasteiger partial charge in [0.2, 0.25) is 0 Å². The van der Waals surface area contributed by atoms with Crippen molar-refractivity contribution in [3.8, 4) is 0 Å². The van der Waals surface area contributed by atoms with Crippen molar-refractivity contribution in [3.63, 3.8) is 0 Å². The number of aromatic nitrogens is 2. The van der Waals surface area contributed by atoms with Crippen LogP contribution < -0.4 is 16.5 Å². The largest absolute Gasteiger partial charge is 0.387 e. The molecule has 1 saturated heterocycles. The van der Waals surface area contributed by atoms with E-state index < -0.39 is 37.3 Å². The van der Waals surface area contributed by atoms with E-state index in [2.05, 4.69) is 10.1 Å². The van der Waals surface area contributed by atoms with E-state index in [0.29, 0.717) is 0 Å². The summed E-state index contributed by atoms with van der Waals surface area (Å²) in [4.78, 5) is 15.5. The fourth-order valence-corrected chi connectivity index (χ4v) is 4.27. The zero-order valence-corrected chi connectivity index (χ0v) is 17.0. The summed E-state index contributed by atoms with van der Waals surface area (Å²) < 4.78 is 39.5. The maximum absolute atomic E-state index is 15.1. The summed E-state index contributed by atoms with van der Waals surface area (Å²) >= 11 is 0. The van der Waals surface area contributed by atoms with Gasteiger partial charge in [0.05, 0.1) is 6.61 Å². The molecule has 11 heteroatoms. The second-order valence-corrected chi connectivity index (χ2v) is 9.68. The second-order valence-electron chi connectivity index (χ2n) is 7.47. The van der Waals surface area contributed by atoms with Gasteiger partial charge in [0.15, 0.2) is 11.9 Å². The zero-order chi connectivity index (χ0) is 20.6. The molecule has 2 heterocycles. The molecule has 4 N–H and O–H groups in total. The standard InChI is InChI=1S/C16H28FN4O5P/c1-9(2)10(3)20-27(5,24)25-8-11-13(22)16(4,17)14(26-11)21-7-6-12(18)19-15(21)23/h6-7,9-11,13-14,22H,8H2,1-5H3,(H,20,24)(H2,18,19,23)/t10-,11-,13-,14-,16?,27?/m1/s1. The summed E-state index contributed by atoms with van der Waals surface area (Å²) in [6.45, 7) is 8.04. The lowest BCUT2D eigenvalue weighted by Crippen LogP contribution is -2.43. The Morgan fingerprint density at radius 3 is 2.74 bits per heavy atom. The van der Waals surface area contributed by atoms with Crippen LogP contribution in [0.3, 0.4) is 0 Å². The number of alkyl halides is 1. The molecule has 2 unspecified atom stereocenters. The Labute approximate surface area is 157 Å². The average molecular weight is 406 g/mol. The van der Waals surface area contributed by atoms with Crippen LogP contribution in [0.25, 0.3) is 0 Å². The van der Waals surface area contributed by atoms with Crippen LogP contribution in [-0.4, -0.2) is 51.8 Å². The van der Waals surface area contributed by atoms with Gasteiger partial charge in [-0.1, -0.05) is 13.8 Å². The molecule has 0 aromatic carbocycles. The van der Waals surface area contributed by atoms with Crippen molar-refractivity contribution in [2.45, 2.75) is 57.8 Å². The molecule has 0 amide bonds. The van der Waals surface area contributed by atoms with Crippen molar-refractivity contribution in [2.75, 3.05) is 19.0 Å². The minimum Gasteiger partial charge on any atom is -0.387 e. The van der Waals surface area contributed by atoms with E-state index in [-0.39, 0.29) is 24.4 Å². The highest BCUT2D eigenvalue weighted by molar-refractivity contribution is 7.56. The first kappa shape index (κ1) is 22.0. The fourth-order valence-electron chi connectivity index (χ4n) is 2.73. The molecule has 154 valence electrons. The van der Waals surface area contributed by atoms with Crippen LogP contribution in [0.2, 0.25) is 0 Å². The molecule has 9 nitrogen and oxygen atoms in total. The summed E-state index contributed by atoms with van der Waals surface area (Å²) in [6, 6.07) is 1.27. The topological polar surface area (TPSA) is 129 Å². The Morgan fingerprint density at radius 1 is 1.56 bits per heavy atom. The summed E-state index contributed by atoms with van der Waals surface area (Å²) in [6.07, 6.45) is -2.87. The summed E-state index contributed by atoms with van der Waals surface area (Å²) in [5.41, 5.74) is 2.35. The number of aliphatic hydroxyl groups excluding tert-OH is 1. The number of aliphatic hydroxyl groups is 1. The van der Waals surface area contributed by atoms with Crippen molar-refractivity contribution < 1.29 is 23.3 Å². The lowest BCUT2D eigenvalue weighted by Gasteiger charge is -2.25. The summed E-state index contributed by atoms with van der Waals surface area (Å²) in [7, 11) is -3.19. The first-order chi connectivity index (χ1) is 12.3. The molecule has 1 fully saturated rings. The van der Waals surface area contributed by atoms with Gasteiger partial charge in [0, 0.05) is 18.9 Å². The van der Waals surface area contributed by atoms with Gasteiger partial charge in [-0.2, -0.15) is 4.98 Å². The van der Waals surface area contributed by atoms with Gasteiger partial charge in [0.25, 0.3) is 7.52 Å². The monoisotopic (exact) mass is 406 g/mol. The van der Waals surface area contributed by atoms with Crippen LogP contribution in [0, 0.1) is 5.92 Å². The van der Waals surface area contributed by atoms with E-state index in [1.54, 1.807) is 0 Å². The van der Waals surface area contributed by atoms with Crippen molar-refractivity contribution in [2.24, 2.45) is 5.92 Å². The van der Waals surface area contributed by atoms with Crippen LogP contribution in [0.1, 0.15) is 33.9 Å². The highest BCUT2D eigenvalue weighted by Crippen LogP contribution is 2.44. The van der Waals surface area contributed by atoms with Gasteiger partial charge in [-0.3, -0.25) is 9.13 Å². The van der Waals surface area contributed by atoms with Gasteiger partial charge in [-0.05, 0) is 25.8 Å². The predicted octanol–water partition coefficient (Wildman–Crippen LogP) is 1.29. The van der Waals surface area contributed by atoms with Crippen molar-refractivity contribution >= 4 is 13.3 Å². The number of rotatable bonds is 7. The average Bonchev–Trinajstić information content (AvgIpc) is 2.76. The minimum atomic E-state index is -3.19. The van der Waals surface area contributed by atoms with Gasteiger partial charge in [-0.25, -0.2) is 14.3 Å². The molecular weight excluding hydrogens is 378 g/mol. The van der Waals surface area contributed by atoms with Crippen LogP contribution in [0.5, 0.6) is 0 Å². The van der Waals surface area contributed by atoms with Crippen LogP contribution in [0.4, 0.5) is 10.2 Å². The zero-order valence-electron chi connectivity index (χ0n) is 16.1. The fraction of sp³-hybridized carbons (Fsp3) is 0.750. The Bertz CT molecular complexity index is 771. The van der Waals surface area contributed by atoms with E-state index in [1.807, 2.05) is 20.8 Å². The van der Waals surface area contributed by atoms with Crippen LogP contribution in [-0.2, 0) is 13.8 Å². The first-order valence-electron chi connectivity index (χ1n) is 8.72. The van der Waals surface area contributed by atoms with E-state index >= 15 is 4.39 Å². The number of halogens is 1. The lowest BCUT2D eigenvalue weighted by atomic mass is 9.98. The summed E-state index contributed by atoms with van der Waals surface area (Å²) in [5.74, 6) is 0.228. The number of nitrogens with zero attached hydrogens (tertiary/aromatic N) is 2. The maximum Gasteiger partial charge on any atom is 0.351 e. The Morgan fingerprint density at radius 2 is 2.19 bits per heavy atom. The van der Waals surface area contributed by atoms with Crippen molar-refractivity contribution in [1.29, 1.82) is 0 Å². The second kappa shape index (κ2) is 7.97. The summed E-state index contributed by atoms with van der Waals surface area (Å²) in [5, 5.41) is 13.2. The van der Waals surface area contributed by atoms with Crippen LogP contribution >= 0.6 is 7.52 Å². The van der Waals surface area contributed by atoms with Gasteiger partial charge < -0.3 is 20.1 Å². The molecule has 1 aliphatic rings. The van der Waals surface area contributed by atoms with Crippen molar-refractivity contribution in [3.05, 3.63) is 22.7 Å². The molecule has 0 bridgehead atoms. The van der Waals surface area contributed by atoms with Gasteiger partial charge in [-0.15, -0.1) is 0 Å². The molecule has 6 atom stereocenters. The molecule has 0 spiro atoms. The van der Waals surface area contributed by atoms with E-state index in [0.717, 1.165) is 11.5 Å². The van der Waals surface area contributed by atoms with E-state index in [9.17, 15) is 14.5 Å². The molecule has 1 aromatic heterocycles. The highest BCUT2D eigenvalue weighted by atomic mass is 31.2. The van der Waals surface area contributed by atoms with E-state index in [1.165, 1.54) is 18.9 Å². The molecule has 0 saturated carbocycles. The van der Waals surface area contributed by atoms with Crippen molar-refractivity contribution in [1.82, 2.24) is 14.6 Å². The first-order valence-corrected chi connectivity index (χ1v) is 10.8. The quantitative estimate of drug-likeness (QED) is 0.578. The third-order valence-electron chi connectivity index (χ3n) is 4.74. The van der Waals surface area contributed by atoms with Gasteiger partial charge >= 0.3 is 5.69 Å². The van der Waals surface area contributed by atoms with Crippen LogP contribution in [0.15, 0.2) is 17.1 Å². The highest BCUT2D eigenvalue weighted by Gasteiger charge is 2.55. The predicted molar refractivity (Wildman–Crippen MR) is 99.3 cm³/mol. The Kier molecular flexibility index (Phi) is 6.48. The molecular formula is C16H28FN4O5P. The number of hydrogen-bond donors (Lipinski definition) is 3. The minimum absolute atomic E-state index is 0.00694. The Hall–Kier alpha value is -1.32. The number of anilines is 1. The van der Waals surface area contributed by atoms with Gasteiger partial charge in [0.1, 0.15) is 18.0 Å².